The van der Waals surface area contributed by atoms with Gasteiger partial charge in [0, 0.05) is 40.8 Å². The topological polar surface area (TPSA) is 22.1 Å². The van der Waals surface area contributed by atoms with Gasteiger partial charge in [-0.05, 0) is 31.0 Å². The van der Waals surface area contributed by atoms with Crippen LogP contribution in [0.5, 0.6) is 0 Å². The molecule has 0 spiro atoms. The van der Waals surface area contributed by atoms with Gasteiger partial charge in [-0.3, -0.25) is 4.90 Å². The fourth-order valence-electron chi connectivity index (χ4n) is 3.62. The van der Waals surface area contributed by atoms with Crippen LogP contribution in [0.4, 0.5) is 0 Å². The minimum Gasteiger partial charge on any atom is -0.349 e. The second-order valence-corrected chi connectivity index (χ2v) is 7.38. The largest absolute Gasteiger partial charge is 0.349 e. The number of nitrogens with zero attached hydrogens (tertiary/aromatic N) is 4. The summed E-state index contributed by atoms with van der Waals surface area (Å²) in [7, 11) is 10.5. The molecule has 1 aliphatic carbocycles. The minimum absolute atomic E-state index is 0.736. The lowest BCUT2D eigenvalue weighted by atomic mass is 9.94. The molecule has 0 amide bonds. The highest BCUT2D eigenvalue weighted by atomic mass is 15.3. The summed E-state index contributed by atoms with van der Waals surface area (Å²) in [5.41, 5.74) is 2.74. The summed E-state index contributed by atoms with van der Waals surface area (Å²) in [4.78, 5) is 11.5. The lowest BCUT2D eigenvalue weighted by Crippen LogP contribution is -2.35. The molecule has 0 atom stereocenters. The number of guanidine groups is 1. The smallest absolute Gasteiger partial charge is 0.195 e. The second-order valence-electron chi connectivity index (χ2n) is 7.38. The third-order valence-electron chi connectivity index (χ3n) is 4.93. The van der Waals surface area contributed by atoms with Gasteiger partial charge in [0.1, 0.15) is 0 Å². The van der Waals surface area contributed by atoms with E-state index in [0.29, 0.717) is 0 Å². The van der Waals surface area contributed by atoms with Crippen LogP contribution < -0.4 is 0 Å². The monoisotopic (exact) mass is 330 g/mol. The van der Waals surface area contributed by atoms with Crippen molar-refractivity contribution in [2.75, 3.05) is 35.2 Å². The van der Waals surface area contributed by atoms with Gasteiger partial charge in [-0.15, -0.1) is 0 Å². The molecule has 0 unspecified atom stereocenters. The molecule has 4 heteroatoms. The average molecular weight is 331 g/mol. The van der Waals surface area contributed by atoms with Crippen LogP contribution >= 0.6 is 0 Å². The van der Waals surface area contributed by atoms with Crippen molar-refractivity contribution in [3.63, 3.8) is 0 Å². The Kier molecular flexibility index (Phi) is 7.10. The van der Waals surface area contributed by atoms with Crippen LogP contribution in [0, 0.1) is 0 Å². The van der Waals surface area contributed by atoms with Gasteiger partial charge in [-0.2, -0.15) is 0 Å². The first-order chi connectivity index (χ1) is 11.5. The first-order valence-corrected chi connectivity index (χ1v) is 9.15. The van der Waals surface area contributed by atoms with Crippen molar-refractivity contribution in [2.45, 2.75) is 51.2 Å². The van der Waals surface area contributed by atoms with Crippen LogP contribution in [0.2, 0.25) is 0 Å². The molecule has 1 fully saturated rings. The highest BCUT2D eigenvalue weighted by Gasteiger charge is 2.18. The third-order valence-corrected chi connectivity index (χ3v) is 4.93. The summed E-state index contributed by atoms with van der Waals surface area (Å²) in [6.45, 7) is 1.76. The summed E-state index contributed by atoms with van der Waals surface area (Å²) in [6, 6.07) is 9.50. The first kappa shape index (κ1) is 18.8. The van der Waals surface area contributed by atoms with E-state index < -0.39 is 0 Å². The van der Waals surface area contributed by atoms with Crippen molar-refractivity contribution in [1.29, 1.82) is 0 Å². The van der Waals surface area contributed by atoms with Crippen molar-refractivity contribution in [3.05, 3.63) is 35.4 Å². The molecule has 1 saturated carbocycles. The minimum atomic E-state index is 0.736. The Balaban J connectivity index is 2.07. The van der Waals surface area contributed by atoms with Gasteiger partial charge in [0.25, 0.3) is 0 Å². The zero-order valence-corrected chi connectivity index (χ0v) is 16.1. The zero-order chi connectivity index (χ0) is 17.5. The Hall–Kier alpha value is -1.55. The van der Waals surface area contributed by atoms with Crippen LogP contribution in [0.3, 0.4) is 0 Å². The lowest BCUT2D eigenvalue weighted by molar-refractivity contribution is 0.184. The van der Waals surface area contributed by atoms with Crippen molar-refractivity contribution in [2.24, 2.45) is 4.99 Å². The SMILES string of the molecule is CN(C)C(=NCc1ccccc1CN(C)C1CCCCC1)N(C)C. The van der Waals surface area contributed by atoms with E-state index in [9.17, 15) is 0 Å². The molecule has 134 valence electrons. The Morgan fingerprint density at radius 3 is 2.08 bits per heavy atom. The maximum absolute atomic E-state index is 4.82. The number of aliphatic imine (C=N–C) groups is 1. The molecule has 2 rings (SSSR count). The summed E-state index contributed by atoms with van der Waals surface area (Å²) < 4.78 is 0. The molecule has 0 heterocycles. The number of rotatable bonds is 5. The van der Waals surface area contributed by atoms with E-state index >= 15 is 0 Å². The van der Waals surface area contributed by atoms with E-state index in [-0.39, 0.29) is 0 Å². The van der Waals surface area contributed by atoms with Crippen molar-refractivity contribution < 1.29 is 0 Å². The van der Waals surface area contributed by atoms with Gasteiger partial charge in [-0.1, -0.05) is 43.5 Å². The van der Waals surface area contributed by atoms with E-state index in [2.05, 4.69) is 46.0 Å². The Labute approximate surface area is 148 Å². The zero-order valence-electron chi connectivity index (χ0n) is 16.1. The van der Waals surface area contributed by atoms with Crippen molar-refractivity contribution >= 4 is 5.96 Å². The summed E-state index contributed by atoms with van der Waals surface area (Å²) in [5, 5.41) is 0. The molecule has 0 aromatic heterocycles. The second kappa shape index (κ2) is 9.07. The summed E-state index contributed by atoms with van der Waals surface area (Å²) in [5.74, 6) is 1.01. The molecule has 4 nitrogen and oxygen atoms in total. The molecule has 24 heavy (non-hydrogen) atoms. The maximum atomic E-state index is 4.82. The molecular formula is C20H34N4. The van der Waals surface area contributed by atoms with Gasteiger partial charge >= 0.3 is 0 Å². The van der Waals surface area contributed by atoms with Gasteiger partial charge in [-0.25, -0.2) is 4.99 Å². The Morgan fingerprint density at radius 2 is 1.50 bits per heavy atom. The molecule has 0 aliphatic heterocycles. The maximum Gasteiger partial charge on any atom is 0.195 e. The van der Waals surface area contributed by atoms with Crippen molar-refractivity contribution in [1.82, 2.24) is 14.7 Å². The summed E-state index contributed by atoms with van der Waals surface area (Å²) >= 11 is 0. The first-order valence-electron chi connectivity index (χ1n) is 9.15. The Morgan fingerprint density at radius 1 is 0.917 bits per heavy atom. The molecule has 0 radical (unpaired) electrons. The highest BCUT2D eigenvalue weighted by molar-refractivity contribution is 5.79. The molecule has 1 aliphatic rings. The predicted octanol–water partition coefficient (Wildman–Crippen LogP) is 3.43. The highest BCUT2D eigenvalue weighted by Crippen LogP contribution is 2.23. The summed E-state index contributed by atoms with van der Waals surface area (Å²) in [6.07, 6.45) is 6.88. The van der Waals surface area contributed by atoms with E-state index in [1.807, 2.05) is 28.2 Å². The molecule has 0 saturated heterocycles. The standard InChI is InChI=1S/C20H34N4/c1-22(2)20(23(3)4)21-15-17-11-9-10-12-18(17)16-24(5)19-13-7-6-8-14-19/h9-12,19H,6-8,13-16H2,1-5H3. The number of hydrogen-bond acceptors (Lipinski definition) is 2. The van der Waals surface area contributed by atoms with Crippen LogP contribution in [-0.4, -0.2) is 61.9 Å². The predicted molar refractivity (Wildman–Crippen MR) is 103 cm³/mol. The van der Waals surface area contributed by atoms with Gasteiger partial charge in [0.05, 0.1) is 6.54 Å². The number of benzene rings is 1. The molecule has 1 aromatic carbocycles. The molecule has 0 N–H and O–H groups in total. The van der Waals surface area contributed by atoms with E-state index in [0.717, 1.165) is 25.1 Å². The van der Waals surface area contributed by atoms with Crippen LogP contribution in [-0.2, 0) is 13.1 Å². The van der Waals surface area contributed by atoms with Gasteiger partial charge in [0.2, 0.25) is 0 Å². The fraction of sp³-hybridized carbons (Fsp3) is 0.650. The van der Waals surface area contributed by atoms with Crippen LogP contribution in [0.25, 0.3) is 0 Å². The van der Waals surface area contributed by atoms with Crippen molar-refractivity contribution in [3.8, 4) is 0 Å². The molecule has 0 bridgehead atoms. The quantitative estimate of drug-likeness (QED) is 0.610. The fourth-order valence-corrected chi connectivity index (χ4v) is 3.62. The normalized spacial score (nSPS) is 15.4. The van der Waals surface area contributed by atoms with Gasteiger partial charge < -0.3 is 9.80 Å². The average Bonchev–Trinajstić information content (AvgIpc) is 2.56. The van der Waals surface area contributed by atoms with E-state index in [1.165, 1.54) is 43.2 Å². The van der Waals surface area contributed by atoms with Crippen LogP contribution in [0.15, 0.2) is 29.3 Å². The number of hydrogen-bond donors (Lipinski definition) is 0. The van der Waals surface area contributed by atoms with E-state index in [4.69, 9.17) is 4.99 Å². The Bertz CT molecular complexity index is 520. The molecular weight excluding hydrogens is 296 g/mol. The van der Waals surface area contributed by atoms with Crippen LogP contribution in [0.1, 0.15) is 43.2 Å². The van der Waals surface area contributed by atoms with E-state index in [1.54, 1.807) is 0 Å². The molecule has 1 aromatic rings. The van der Waals surface area contributed by atoms with Gasteiger partial charge in [0.15, 0.2) is 5.96 Å². The lowest BCUT2D eigenvalue weighted by Gasteiger charge is -2.31. The third kappa shape index (κ3) is 5.23.